The molecule has 2 rings (SSSR count). The number of rotatable bonds is 7. The van der Waals surface area contributed by atoms with Gasteiger partial charge >= 0.3 is 0 Å². The molecule has 0 radical (unpaired) electrons. The first-order valence-corrected chi connectivity index (χ1v) is 9.06. The minimum Gasteiger partial charge on any atom is -0.357 e. The summed E-state index contributed by atoms with van der Waals surface area (Å²) >= 11 is 0. The fourth-order valence-electron chi connectivity index (χ4n) is 3.09. The predicted molar refractivity (Wildman–Crippen MR) is 98.7 cm³/mol. The van der Waals surface area contributed by atoms with Crippen LogP contribution in [0, 0.1) is 5.92 Å². The smallest absolute Gasteiger partial charge is 0.191 e. The van der Waals surface area contributed by atoms with E-state index in [2.05, 4.69) is 58.6 Å². The third-order valence-electron chi connectivity index (χ3n) is 4.29. The van der Waals surface area contributed by atoms with Crippen LogP contribution >= 0.6 is 0 Å². The summed E-state index contributed by atoms with van der Waals surface area (Å²) in [7, 11) is 0. The Hall–Kier alpha value is -1.55. The summed E-state index contributed by atoms with van der Waals surface area (Å²) in [5.74, 6) is 1.78. The zero-order valence-electron chi connectivity index (χ0n) is 14.7. The van der Waals surface area contributed by atoms with Crippen molar-refractivity contribution in [2.45, 2.75) is 39.7 Å². The summed E-state index contributed by atoms with van der Waals surface area (Å²) in [5, 5.41) is 6.78. The fraction of sp³-hybridized carbons (Fsp3) is 0.632. The highest BCUT2D eigenvalue weighted by atomic mass is 15.2. The van der Waals surface area contributed by atoms with Gasteiger partial charge in [-0.15, -0.1) is 0 Å². The molecule has 1 fully saturated rings. The molecule has 1 atom stereocenters. The number of likely N-dealkylation sites (tertiary alicyclic amines) is 1. The second-order valence-corrected chi connectivity index (χ2v) is 6.51. The fourth-order valence-corrected chi connectivity index (χ4v) is 3.09. The summed E-state index contributed by atoms with van der Waals surface area (Å²) in [6, 6.07) is 10.4. The lowest BCUT2D eigenvalue weighted by atomic mass is 10.0. The first kappa shape index (κ1) is 17.8. The SMILES string of the molecule is CCNC(=NCc1ccccc1)NCCCN1CCCC(C)C1. The van der Waals surface area contributed by atoms with Gasteiger partial charge in [-0.3, -0.25) is 0 Å². The molecule has 1 heterocycles. The van der Waals surface area contributed by atoms with E-state index in [1.165, 1.54) is 44.5 Å². The van der Waals surface area contributed by atoms with Gasteiger partial charge in [0.1, 0.15) is 0 Å². The number of guanidine groups is 1. The summed E-state index contributed by atoms with van der Waals surface area (Å²) in [6.07, 6.45) is 3.92. The second-order valence-electron chi connectivity index (χ2n) is 6.51. The molecule has 1 aliphatic rings. The number of nitrogens with one attached hydrogen (secondary N) is 2. The van der Waals surface area contributed by atoms with Crippen molar-refractivity contribution in [3.05, 3.63) is 35.9 Å². The van der Waals surface area contributed by atoms with Crippen molar-refractivity contribution in [1.82, 2.24) is 15.5 Å². The van der Waals surface area contributed by atoms with Crippen molar-refractivity contribution in [3.63, 3.8) is 0 Å². The third-order valence-corrected chi connectivity index (χ3v) is 4.29. The average molecular weight is 316 g/mol. The van der Waals surface area contributed by atoms with Crippen molar-refractivity contribution < 1.29 is 0 Å². The van der Waals surface area contributed by atoms with Crippen LogP contribution in [0.2, 0.25) is 0 Å². The molecule has 0 amide bonds. The van der Waals surface area contributed by atoms with Crippen molar-refractivity contribution in [2.75, 3.05) is 32.7 Å². The lowest BCUT2D eigenvalue weighted by Crippen LogP contribution is -2.40. The first-order valence-electron chi connectivity index (χ1n) is 9.06. The second kappa shape index (κ2) is 10.3. The highest BCUT2D eigenvalue weighted by Gasteiger charge is 2.15. The van der Waals surface area contributed by atoms with Gasteiger partial charge in [-0.1, -0.05) is 37.3 Å². The Kier molecular flexibility index (Phi) is 7.95. The van der Waals surface area contributed by atoms with Crippen molar-refractivity contribution in [2.24, 2.45) is 10.9 Å². The maximum Gasteiger partial charge on any atom is 0.191 e. The Morgan fingerprint density at radius 1 is 1.26 bits per heavy atom. The lowest BCUT2D eigenvalue weighted by Gasteiger charge is -2.30. The van der Waals surface area contributed by atoms with E-state index < -0.39 is 0 Å². The molecule has 1 aromatic rings. The summed E-state index contributed by atoms with van der Waals surface area (Å²) in [6.45, 7) is 10.8. The lowest BCUT2D eigenvalue weighted by molar-refractivity contribution is 0.182. The van der Waals surface area contributed by atoms with E-state index in [4.69, 9.17) is 0 Å². The van der Waals surface area contributed by atoms with Crippen LogP contribution in [0.25, 0.3) is 0 Å². The summed E-state index contributed by atoms with van der Waals surface area (Å²) < 4.78 is 0. The minimum atomic E-state index is 0.722. The van der Waals surface area contributed by atoms with Gasteiger partial charge in [-0.2, -0.15) is 0 Å². The Morgan fingerprint density at radius 2 is 2.09 bits per heavy atom. The number of nitrogens with zero attached hydrogens (tertiary/aromatic N) is 2. The van der Waals surface area contributed by atoms with E-state index in [0.29, 0.717) is 0 Å². The highest BCUT2D eigenvalue weighted by Crippen LogP contribution is 2.15. The highest BCUT2D eigenvalue weighted by molar-refractivity contribution is 5.79. The first-order chi connectivity index (χ1) is 11.3. The number of hydrogen-bond acceptors (Lipinski definition) is 2. The topological polar surface area (TPSA) is 39.7 Å². The Labute approximate surface area is 141 Å². The zero-order chi connectivity index (χ0) is 16.3. The van der Waals surface area contributed by atoms with E-state index in [9.17, 15) is 0 Å². The average Bonchev–Trinajstić information content (AvgIpc) is 2.57. The Morgan fingerprint density at radius 3 is 2.83 bits per heavy atom. The zero-order valence-corrected chi connectivity index (χ0v) is 14.7. The summed E-state index contributed by atoms with van der Waals surface area (Å²) in [4.78, 5) is 7.26. The summed E-state index contributed by atoms with van der Waals surface area (Å²) in [5.41, 5.74) is 1.24. The standard InChI is InChI=1S/C19H32N4/c1-3-20-19(22-15-18-10-5-4-6-11-18)21-12-8-14-23-13-7-9-17(2)16-23/h4-6,10-11,17H,3,7-9,12-16H2,1-2H3,(H2,20,21,22). The van der Waals surface area contributed by atoms with Crippen LogP contribution in [0.15, 0.2) is 35.3 Å². The van der Waals surface area contributed by atoms with Gasteiger partial charge in [0.15, 0.2) is 5.96 Å². The maximum atomic E-state index is 4.66. The molecular formula is C19H32N4. The van der Waals surface area contributed by atoms with E-state index in [-0.39, 0.29) is 0 Å². The number of benzene rings is 1. The van der Waals surface area contributed by atoms with Crippen LogP contribution in [0.3, 0.4) is 0 Å². The number of aliphatic imine (C=N–C) groups is 1. The van der Waals surface area contributed by atoms with Crippen molar-refractivity contribution >= 4 is 5.96 Å². The van der Waals surface area contributed by atoms with Gasteiger partial charge in [0.05, 0.1) is 6.54 Å². The van der Waals surface area contributed by atoms with Crippen LogP contribution in [-0.2, 0) is 6.54 Å². The van der Waals surface area contributed by atoms with Crippen LogP contribution < -0.4 is 10.6 Å². The normalized spacial score (nSPS) is 19.6. The van der Waals surface area contributed by atoms with Gasteiger partial charge < -0.3 is 15.5 Å². The van der Waals surface area contributed by atoms with Crippen LogP contribution in [0.1, 0.15) is 38.7 Å². The predicted octanol–water partition coefficient (Wildman–Crippen LogP) is 2.86. The van der Waals surface area contributed by atoms with Gasteiger partial charge in [0.2, 0.25) is 0 Å². The Bertz CT molecular complexity index is 458. The number of hydrogen-bond donors (Lipinski definition) is 2. The molecular weight excluding hydrogens is 284 g/mol. The molecule has 1 saturated heterocycles. The molecule has 1 aliphatic heterocycles. The van der Waals surface area contributed by atoms with Gasteiger partial charge in [-0.25, -0.2) is 4.99 Å². The molecule has 4 nitrogen and oxygen atoms in total. The van der Waals surface area contributed by atoms with Crippen LogP contribution in [-0.4, -0.2) is 43.6 Å². The Balaban J connectivity index is 1.69. The van der Waals surface area contributed by atoms with E-state index >= 15 is 0 Å². The van der Waals surface area contributed by atoms with Crippen LogP contribution in [0.5, 0.6) is 0 Å². The molecule has 23 heavy (non-hydrogen) atoms. The molecule has 0 aromatic heterocycles. The van der Waals surface area contributed by atoms with Crippen molar-refractivity contribution in [3.8, 4) is 0 Å². The van der Waals surface area contributed by atoms with Gasteiger partial charge in [0, 0.05) is 19.6 Å². The van der Waals surface area contributed by atoms with Gasteiger partial charge in [0.25, 0.3) is 0 Å². The molecule has 0 aliphatic carbocycles. The monoisotopic (exact) mass is 316 g/mol. The molecule has 128 valence electrons. The van der Waals surface area contributed by atoms with Crippen molar-refractivity contribution in [1.29, 1.82) is 0 Å². The molecule has 1 unspecified atom stereocenters. The van der Waals surface area contributed by atoms with Crippen LogP contribution in [0.4, 0.5) is 0 Å². The van der Waals surface area contributed by atoms with E-state index in [1.807, 2.05) is 6.07 Å². The molecule has 0 saturated carbocycles. The van der Waals surface area contributed by atoms with E-state index in [0.717, 1.165) is 31.5 Å². The quantitative estimate of drug-likeness (QED) is 0.462. The molecule has 2 N–H and O–H groups in total. The maximum absolute atomic E-state index is 4.66. The molecule has 1 aromatic carbocycles. The third kappa shape index (κ3) is 7.04. The molecule has 0 bridgehead atoms. The van der Waals surface area contributed by atoms with Gasteiger partial charge in [-0.05, 0) is 50.8 Å². The molecule has 4 heteroatoms. The molecule has 0 spiro atoms. The minimum absolute atomic E-state index is 0.722. The number of piperidine rings is 1. The van der Waals surface area contributed by atoms with E-state index in [1.54, 1.807) is 0 Å². The largest absolute Gasteiger partial charge is 0.357 e.